The van der Waals surface area contributed by atoms with Crippen LogP contribution in [0.25, 0.3) is 0 Å². The predicted octanol–water partition coefficient (Wildman–Crippen LogP) is 8.72. The molecule has 0 heterocycles. The summed E-state index contributed by atoms with van der Waals surface area (Å²) in [6, 6.07) is 0. The molecule has 0 bridgehead atoms. The topological polar surface area (TPSA) is 58.6 Å². The standard InChI is InChI=1S/C19H36P.C8H19O4P/c1-20(17-11-5-2-6-12-17,18-13-7-3-8-14-18)19-15-9-4-10-16-19;1-3-5-7-11-13(9,10)12-8-6-4-2/h17-19H,2-16H2,1H3;3-8H2,1-2H3,(H,9,10)/q+1;/p-1. The molecule has 0 aromatic heterocycles. The number of rotatable bonds is 11. The van der Waals surface area contributed by atoms with Gasteiger partial charge in [-0.1, -0.05) is 46.0 Å². The number of hydrogen-bond donors (Lipinski definition) is 0. The molecule has 4 nitrogen and oxygen atoms in total. The Bertz CT molecular complexity index is 479. The van der Waals surface area contributed by atoms with Gasteiger partial charge in [0.2, 0.25) is 0 Å². The molecule has 3 fully saturated rings. The maximum atomic E-state index is 11.0. The zero-order valence-corrected chi connectivity index (χ0v) is 23.9. The molecule has 3 saturated carbocycles. The molecular formula is C27H54O4P2. The first-order valence-corrected chi connectivity index (χ1v) is 18.3. The van der Waals surface area contributed by atoms with E-state index in [1.807, 2.05) is 13.8 Å². The normalized spacial score (nSPS) is 22.1. The average molecular weight is 505 g/mol. The van der Waals surface area contributed by atoms with Crippen LogP contribution in [-0.2, 0) is 13.6 Å². The summed E-state index contributed by atoms with van der Waals surface area (Å²) in [6.07, 6.45) is 26.9. The van der Waals surface area contributed by atoms with Crippen molar-refractivity contribution >= 4 is 15.1 Å². The molecule has 3 aliphatic carbocycles. The Balaban J connectivity index is 0.000000260. The van der Waals surface area contributed by atoms with Crippen LogP contribution in [0.1, 0.15) is 136 Å². The monoisotopic (exact) mass is 504 g/mol. The van der Waals surface area contributed by atoms with Crippen molar-refractivity contribution in [3.63, 3.8) is 0 Å². The molecule has 3 rings (SSSR count). The Morgan fingerprint density at radius 1 is 0.667 bits per heavy atom. The van der Waals surface area contributed by atoms with Gasteiger partial charge < -0.3 is 13.9 Å². The first-order valence-electron chi connectivity index (χ1n) is 14.4. The molecule has 0 aromatic carbocycles. The van der Waals surface area contributed by atoms with Gasteiger partial charge in [-0.05, 0) is 89.9 Å². The molecule has 33 heavy (non-hydrogen) atoms. The van der Waals surface area contributed by atoms with Crippen LogP contribution in [0.3, 0.4) is 0 Å². The zero-order chi connectivity index (χ0) is 24.0. The van der Waals surface area contributed by atoms with Crippen LogP contribution in [0.2, 0.25) is 0 Å². The first-order chi connectivity index (χ1) is 15.9. The van der Waals surface area contributed by atoms with Crippen LogP contribution in [0.4, 0.5) is 0 Å². The third kappa shape index (κ3) is 10.2. The third-order valence-electron chi connectivity index (χ3n) is 8.58. The van der Waals surface area contributed by atoms with Crippen molar-refractivity contribution in [1.29, 1.82) is 0 Å². The Hall–Kier alpha value is 0.540. The minimum absolute atomic E-state index is 0.226. The number of hydrogen-bond acceptors (Lipinski definition) is 4. The summed E-state index contributed by atoms with van der Waals surface area (Å²) in [6.45, 7) is 7.26. The summed E-state index contributed by atoms with van der Waals surface area (Å²) in [5.41, 5.74) is 3.55. The maximum Gasteiger partial charge on any atom is 0.267 e. The highest BCUT2D eigenvalue weighted by atomic mass is 31.2. The van der Waals surface area contributed by atoms with Crippen molar-refractivity contribution in [3.05, 3.63) is 0 Å². The van der Waals surface area contributed by atoms with Gasteiger partial charge in [0.05, 0.1) is 30.2 Å². The minimum Gasteiger partial charge on any atom is -0.756 e. The average Bonchev–Trinajstić information content (AvgIpc) is 2.86. The summed E-state index contributed by atoms with van der Waals surface area (Å²) >= 11 is 0. The van der Waals surface area contributed by atoms with E-state index in [0.29, 0.717) is 0 Å². The molecule has 0 radical (unpaired) electrons. The Kier molecular flexibility index (Phi) is 14.7. The second kappa shape index (κ2) is 16.3. The fourth-order valence-electron chi connectivity index (χ4n) is 6.49. The largest absolute Gasteiger partial charge is 0.756 e. The lowest BCUT2D eigenvalue weighted by atomic mass is 9.99. The SMILES string of the molecule is CCCCOP(=O)([O-])OCCCC.C[P+](C1CCCCC1)(C1CCCCC1)C1CCCCC1. The predicted molar refractivity (Wildman–Crippen MR) is 143 cm³/mol. The van der Waals surface area contributed by atoms with Crippen molar-refractivity contribution in [1.82, 2.24) is 0 Å². The summed E-state index contributed by atoms with van der Waals surface area (Å²) in [7, 11) is -4.70. The van der Waals surface area contributed by atoms with Gasteiger partial charge in [-0.2, -0.15) is 0 Å². The van der Waals surface area contributed by atoms with Gasteiger partial charge in [0.1, 0.15) is 0 Å². The van der Waals surface area contributed by atoms with Crippen LogP contribution < -0.4 is 4.89 Å². The summed E-state index contributed by atoms with van der Waals surface area (Å²) in [5, 5.41) is 0. The van der Waals surface area contributed by atoms with Crippen LogP contribution in [0.5, 0.6) is 0 Å². The molecule has 0 amide bonds. The van der Waals surface area contributed by atoms with E-state index >= 15 is 0 Å². The van der Waals surface area contributed by atoms with E-state index in [9.17, 15) is 9.46 Å². The highest BCUT2D eigenvalue weighted by molar-refractivity contribution is 7.77. The number of phosphoric ester groups is 1. The van der Waals surface area contributed by atoms with Crippen molar-refractivity contribution in [2.24, 2.45) is 0 Å². The highest BCUT2D eigenvalue weighted by Gasteiger charge is 2.53. The lowest BCUT2D eigenvalue weighted by Gasteiger charge is -2.46. The van der Waals surface area contributed by atoms with Gasteiger partial charge in [0.25, 0.3) is 7.82 Å². The van der Waals surface area contributed by atoms with Crippen LogP contribution >= 0.6 is 15.1 Å². The van der Waals surface area contributed by atoms with Gasteiger partial charge >= 0.3 is 0 Å². The maximum absolute atomic E-state index is 11.0. The summed E-state index contributed by atoms with van der Waals surface area (Å²) in [5.74, 6) is 0. The second-order valence-electron chi connectivity index (χ2n) is 10.9. The Labute approximate surface area is 206 Å². The van der Waals surface area contributed by atoms with Crippen LogP contribution in [0, 0.1) is 0 Å². The molecule has 3 aliphatic rings. The third-order valence-corrected chi connectivity index (χ3v) is 15.8. The summed E-state index contributed by atoms with van der Waals surface area (Å²) < 4.78 is 20.2. The van der Waals surface area contributed by atoms with Crippen molar-refractivity contribution in [3.8, 4) is 0 Å². The first kappa shape index (κ1) is 29.8. The second-order valence-corrected chi connectivity index (χ2v) is 17.0. The lowest BCUT2D eigenvalue weighted by Crippen LogP contribution is -2.35. The van der Waals surface area contributed by atoms with E-state index in [-0.39, 0.29) is 13.2 Å². The summed E-state index contributed by atoms with van der Waals surface area (Å²) in [4.78, 5) is 11.0. The van der Waals surface area contributed by atoms with Gasteiger partial charge in [-0.3, -0.25) is 4.57 Å². The van der Waals surface area contributed by atoms with E-state index in [0.717, 1.165) is 25.7 Å². The van der Waals surface area contributed by atoms with Gasteiger partial charge in [-0.25, -0.2) is 0 Å². The number of unbranched alkanes of at least 4 members (excludes halogenated alkanes) is 2. The van der Waals surface area contributed by atoms with Crippen molar-refractivity contribution in [2.45, 2.75) is 153 Å². The van der Waals surface area contributed by atoms with Crippen LogP contribution in [-0.4, -0.2) is 36.9 Å². The van der Waals surface area contributed by atoms with Gasteiger partial charge in [0.15, 0.2) is 0 Å². The molecule has 0 saturated heterocycles. The number of phosphoric acid groups is 1. The van der Waals surface area contributed by atoms with Crippen molar-refractivity contribution < 1.29 is 18.5 Å². The fraction of sp³-hybridized carbons (Fsp3) is 1.00. The smallest absolute Gasteiger partial charge is 0.267 e. The highest BCUT2D eigenvalue weighted by Crippen LogP contribution is 2.74. The van der Waals surface area contributed by atoms with Gasteiger partial charge in [-0.15, -0.1) is 0 Å². The molecule has 0 N–H and O–H groups in total. The minimum atomic E-state index is -4.00. The Morgan fingerprint density at radius 2 is 0.970 bits per heavy atom. The van der Waals surface area contributed by atoms with Gasteiger partial charge in [0, 0.05) is 13.9 Å². The molecule has 0 aromatic rings. The molecule has 196 valence electrons. The molecule has 0 unspecified atom stereocenters. The fourth-order valence-corrected chi connectivity index (χ4v) is 13.5. The zero-order valence-electron chi connectivity index (χ0n) is 22.1. The lowest BCUT2D eigenvalue weighted by molar-refractivity contribution is -0.225. The van der Waals surface area contributed by atoms with E-state index in [4.69, 9.17) is 0 Å². The van der Waals surface area contributed by atoms with E-state index < -0.39 is 15.1 Å². The molecular weight excluding hydrogens is 450 g/mol. The molecule has 0 atom stereocenters. The molecule has 0 aliphatic heterocycles. The quantitative estimate of drug-likeness (QED) is 0.208. The molecule has 0 spiro atoms. The Morgan fingerprint density at radius 3 is 1.24 bits per heavy atom. The van der Waals surface area contributed by atoms with Crippen molar-refractivity contribution in [2.75, 3.05) is 19.9 Å². The van der Waals surface area contributed by atoms with E-state index in [1.165, 1.54) is 36.2 Å². The molecule has 6 heteroatoms. The van der Waals surface area contributed by atoms with E-state index in [2.05, 4.69) is 15.7 Å². The van der Waals surface area contributed by atoms with Crippen LogP contribution in [0.15, 0.2) is 0 Å². The van der Waals surface area contributed by atoms with E-state index in [1.54, 1.807) is 77.0 Å².